The van der Waals surface area contributed by atoms with E-state index in [0.717, 1.165) is 25.2 Å². The van der Waals surface area contributed by atoms with E-state index in [9.17, 15) is 0 Å². The third-order valence-electron chi connectivity index (χ3n) is 3.11. The zero-order valence-electron chi connectivity index (χ0n) is 9.97. The van der Waals surface area contributed by atoms with Crippen molar-refractivity contribution in [2.24, 2.45) is 0 Å². The van der Waals surface area contributed by atoms with Crippen LogP contribution in [0.5, 0.6) is 0 Å². The van der Waals surface area contributed by atoms with Gasteiger partial charge < -0.3 is 15.5 Å². The number of hydrogen-bond acceptors (Lipinski definition) is 4. The van der Waals surface area contributed by atoms with Crippen LogP contribution in [0.25, 0.3) is 0 Å². The number of anilines is 1. The second-order valence-corrected chi connectivity index (χ2v) is 4.54. The maximum atomic E-state index is 5.61. The summed E-state index contributed by atoms with van der Waals surface area (Å²) in [5.41, 5.74) is 6.36. The highest BCUT2D eigenvalue weighted by Crippen LogP contribution is 2.02. The monoisotopic (exact) mass is 223 g/mol. The fourth-order valence-corrected chi connectivity index (χ4v) is 2.03. The summed E-state index contributed by atoms with van der Waals surface area (Å²) in [6.07, 6.45) is 4.74. The minimum Gasteiger partial charge on any atom is -0.396 e. The van der Waals surface area contributed by atoms with Gasteiger partial charge in [-0.15, -0.1) is 0 Å². The average Bonchev–Trinajstić information content (AvgIpc) is 2.67. The third kappa shape index (κ3) is 3.21. The summed E-state index contributed by atoms with van der Waals surface area (Å²) < 4.78 is 1.92. The van der Waals surface area contributed by atoms with Gasteiger partial charge in [0, 0.05) is 38.9 Å². The molecule has 1 aromatic heterocycles. The molecule has 0 spiro atoms. The van der Waals surface area contributed by atoms with Gasteiger partial charge in [0.15, 0.2) is 0 Å². The normalized spacial score (nSPS) is 19.1. The van der Waals surface area contributed by atoms with Crippen molar-refractivity contribution in [2.75, 3.05) is 45.5 Å². The summed E-state index contributed by atoms with van der Waals surface area (Å²) in [6.45, 7) is 6.88. The van der Waals surface area contributed by atoms with Crippen LogP contribution in [0.2, 0.25) is 0 Å². The summed E-state index contributed by atoms with van der Waals surface area (Å²) in [5.74, 6) is 0. The van der Waals surface area contributed by atoms with E-state index in [0.29, 0.717) is 0 Å². The first-order chi connectivity index (χ1) is 7.74. The quantitative estimate of drug-likeness (QED) is 0.787. The SMILES string of the molecule is CN1CCN(CCCn2cc(N)cn2)CC1. The summed E-state index contributed by atoms with van der Waals surface area (Å²) in [4.78, 5) is 4.90. The van der Waals surface area contributed by atoms with Crippen LogP contribution in [0.3, 0.4) is 0 Å². The number of rotatable bonds is 4. The maximum Gasteiger partial charge on any atom is 0.0719 e. The van der Waals surface area contributed by atoms with Gasteiger partial charge in [-0.25, -0.2) is 0 Å². The lowest BCUT2D eigenvalue weighted by Crippen LogP contribution is -2.44. The molecule has 2 rings (SSSR count). The summed E-state index contributed by atoms with van der Waals surface area (Å²) in [6, 6.07) is 0. The smallest absolute Gasteiger partial charge is 0.0719 e. The van der Waals surface area contributed by atoms with E-state index in [2.05, 4.69) is 21.9 Å². The molecule has 1 saturated heterocycles. The molecular formula is C11H21N5. The van der Waals surface area contributed by atoms with E-state index in [-0.39, 0.29) is 0 Å². The molecule has 1 aliphatic rings. The van der Waals surface area contributed by atoms with Crippen LogP contribution in [0, 0.1) is 0 Å². The van der Waals surface area contributed by atoms with Crippen molar-refractivity contribution in [3.63, 3.8) is 0 Å². The fraction of sp³-hybridized carbons (Fsp3) is 0.727. The molecular weight excluding hydrogens is 202 g/mol. The highest BCUT2D eigenvalue weighted by atomic mass is 15.3. The van der Waals surface area contributed by atoms with Gasteiger partial charge in [0.05, 0.1) is 11.9 Å². The number of aryl methyl sites for hydroxylation is 1. The first kappa shape index (κ1) is 11.4. The van der Waals surface area contributed by atoms with E-state index in [1.54, 1.807) is 6.20 Å². The molecule has 2 heterocycles. The summed E-state index contributed by atoms with van der Waals surface area (Å²) in [7, 11) is 2.18. The highest BCUT2D eigenvalue weighted by Gasteiger charge is 2.12. The number of aromatic nitrogens is 2. The molecule has 16 heavy (non-hydrogen) atoms. The van der Waals surface area contributed by atoms with Crippen LogP contribution < -0.4 is 5.73 Å². The van der Waals surface area contributed by atoms with Crippen LogP contribution in [-0.4, -0.2) is 59.4 Å². The van der Waals surface area contributed by atoms with Crippen LogP contribution >= 0.6 is 0 Å². The number of hydrogen-bond donors (Lipinski definition) is 1. The molecule has 1 aromatic rings. The number of likely N-dealkylation sites (N-methyl/N-ethyl adjacent to an activating group) is 1. The Morgan fingerprint density at radius 1 is 1.25 bits per heavy atom. The molecule has 0 radical (unpaired) electrons. The van der Waals surface area contributed by atoms with Gasteiger partial charge in [0.1, 0.15) is 0 Å². The molecule has 1 aliphatic heterocycles. The number of nitrogens with two attached hydrogens (primary N) is 1. The van der Waals surface area contributed by atoms with Gasteiger partial charge in [0.25, 0.3) is 0 Å². The van der Waals surface area contributed by atoms with Crippen molar-refractivity contribution < 1.29 is 0 Å². The lowest BCUT2D eigenvalue weighted by atomic mass is 10.3. The Hall–Kier alpha value is -1.07. The van der Waals surface area contributed by atoms with Gasteiger partial charge >= 0.3 is 0 Å². The Kier molecular flexibility index (Phi) is 3.79. The Labute approximate surface area is 96.8 Å². The summed E-state index contributed by atoms with van der Waals surface area (Å²) >= 11 is 0. The van der Waals surface area contributed by atoms with Crippen molar-refractivity contribution in [1.29, 1.82) is 0 Å². The summed E-state index contributed by atoms with van der Waals surface area (Å²) in [5, 5.41) is 4.18. The second-order valence-electron chi connectivity index (χ2n) is 4.54. The predicted molar refractivity (Wildman–Crippen MR) is 65.2 cm³/mol. The molecule has 0 atom stereocenters. The van der Waals surface area contributed by atoms with Crippen molar-refractivity contribution in [3.8, 4) is 0 Å². The minimum absolute atomic E-state index is 0.750. The Morgan fingerprint density at radius 3 is 2.62 bits per heavy atom. The molecule has 0 aliphatic carbocycles. The van der Waals surface area contributed by atoms with Gasteiger partial charge in [-0.2, -0.15) is 5.10 Å². The first-order valence-electron chi connectivity index (χ1n) is 5.93. The molecule has 0 bridgehead atoms. The van der Waals surface area contributed by atoms with Crippen molar-refractivity contribution in [1.82, 2.24) is 19.6 Å². The van der Waals surface area contributed by atoms with Crippen LogP contribution in [0.15, 0.2) is 12.4 Å². The molecule has 2 N–H and O–H groups in total. The lowest BCUT2D eigenvalue weighted by Gasteiger charge is -2.32. The maximum absolute atomic E-state index is 5.61. The van der Waals surface area contributed by atoms with Crippen molar-refractivity contribution in [2.45, 2.75) is 13.0 Å². The molecule has 90 valence electrons. The number of nitrogens with zero attached hydrogens (tertiary/aromatic N) is 4. The Balaban J connectivity index is 1.64. The molecule has 0 saturated carbocycles. The van der Waals surface area contributed by atoms with Gasteiger partial charge in [-0.05, 0) is 20.0 Å². The largest absolute Gasteiger partial charge is 0.396 e. The van der Waals surface area contributed by atoms with E-state index in [1.165, 1.54) is 26.2 Å². The standard InChI is InChI=1S/C11H21N5/c1-14-5-7-15(8-6-14)3-2-4-16-10-11(12)9-13-16/h9-10H,2-8,12H2,1H3. The third-order valence-corrected chi connectivity index (χ3v) is 3.11. The highest BCUT2D eigenvalue weighted by molar-refractivity contribution is 5.30. The van der Waals surface area contributed by atoms with Crippen LogP contribution in [0.1, 0.15) is 6.42 Å². The van der Waals surface area contributed by atoms with Gasteiger partial charge in [-0.3, -0.25) is 4.68 Å². The van der Waals surface area contributed by atoms with Gasteiger partial charge in [0.2, 0.25) is 0 Å². The second kappa shape index (κ2) is 5.32. The molecule has 1 fully saturated rings. The topological polar surface area (TPSA) is 50.3 Å². The predicted octanol–water partition coefficient (Wildman–Crippen LogP) is 0.103. The molecule has 0 aromatic carbocycles. The molecule has 0 unspecified atom stereocenters. The number of piperazine rings is 1. The van der Waals surface area contributed by atoms with E-state index in [1.807, 2.05) is 10.9 Å². The molecule has 5 nitrogen and oxygen atoms in total. The number of nitrogen functional groups attached to an aromatic ring is 1. The Bertz CT molecular complexity index is 314. The first-order valence-corrected chi connectivity index (χ1v) is 5.93. The van der Waals surface area contributed by atoms with Crippen LogP contribution in [0.4, 0.5) is 5.69 Å². The van der Waals surface area contributed by atoms with Gasteiger partial charge in [-0.1, -0.05) is 0 Å². The van der Waals surface area contributed by atoms with Crippen molar-refractivity contribution >= 4 is 5.69 Å². The zero-order valence-corrected chi connectivity index (χ0v) is 9.97. The van der Waals surface area contributed by atoms with E-state index >= 15 is 0 Å². The minimum atomic E-state index is 0.750. The van der Waals surface area contributed by atoms with E-state index in [4.69, 9.17) is 5.73 Å². The van der Waals surface area contributed by atoms with Crippen molar-refractivity contribution in [3.05, 3.63) is 12.4 Å². The zero-order chi connectivity index (χ0) is 11.4. The Morgan fingerprint density at radius 2 is 2.00 bits per heavy atom. The van der Waals surface area contributed by atoms with Crippen LogP contribution in [-0.2, 0) is 6.54 Å². The molecule has 0 amide bonds. The lowest BCUT2D eigenvalue weighted by molar-refractivity contribution is 0.151. The average molecular weight is 223 g/mol. The molecule has 5 heteroatoms. The van der Waals surface area contributed by atoms with E-state index < -0.39 is 0 Å². The fourth-order valence-electron chi connectivity index (χ4n) is 2.03.